The fourth-order valence-corrected chi connectivity index (χ4v) is 1.83. The highest BCUT2D eigenvalue weighted by Crippen LogP contribution is 2.17. The van der Waals surface area contributed by atoms with Crippen LogP contribution in [-0.4, -0.2) is 17.8 Å². The van der Waals surface area contributed by atoms with Crippen molar-refractivity contribution in [3.05, 3.63) is 35.6 Å². The quantitative estimate of drug-likeness (QED) is 0.780. The van der Waals surface area contributed by atoms with E-state index in [9.17, 15) is 4.39 Å². The molecule has 0 fully saturated rings. The first kappa shape index (κ1) is 13.1. The van der Waals surface area contributed by atoms with Gasteiger partial charge < -0.3 is 10.4 Å². The molecule has 0 radical (unpaired) electrons. The number of benzene rings is 1. The molecule has 2 nitrogen and oxygen atoms in total. The molecule has 0 aromatic heterocycles. The van der Waals surface area contributed by atoms with Crippen LogP contribution in [0.2, 0.25) is 0 Å². The van der Waals surface area contributed by atoms with E-state index in [2.05, 4.69) is 12.2 Å². The van der Waals surface area contributed by atoms with Crippen LogP contribution in [0.25, 0.3) is 0 Å². The third kappa shape index (κ3) is 3.58. The minimum Gasteiger partial charge on any atom is -0.396 e. The summed E-state index contributed by atoms with van der Waals surface area (Å²) in [6, 6.07) is 7.00. The Morgan fingerprint density at radius 1 is 1.38 bits per heavy atom. The predicted octanol–water partition coefficient (Wildman–Crippen LogP) is 2.64. The number of aliphatic hydroxyl groups is 1. The molecule has 0 saturated heterocycles. The van der Waals surface area contributed by atoms with Gasteiger partial charge in [-0.2, -0.15) is 0 Å². The zero-order valence-electron chi connectivity index (χ0n) is 9.91. The van der Waals surface area contributed by atoms with Gasteiger partial charge in [0.05, 0.1) is 0 Å². The van der Waals surface area contributed by atoms with Crippen molar-refractivity contribution in [3.8, 4) is 0 Å². The van der Waals surface area contributed by atoms with Gasteiger partial charge in [0.15, 0.2) is 0 Å². The van der Waals surface area contributed by atoms with Crippen molar-refractivity contribution in [2.24, 2.45) is 0 Å². The smallest absolute Gasteiger partial charge is 0.127 e. The summed E-state index contributed by atoms with van der Waals surface area (Å²) in [6.45, 7) is 4.16. The van der Waals surface area contributed by atoms with Crippen molar-refractivity contribution in [2.45, 2.75) is 38.8 Å². The number of hydrogen-bond acceptors (Lipinski definition) is 2. The molecular formula is C13H20FNO. The average Bonchev–Trinajstić information content (AvgIpc) is 2.28. The van der Waals surface area contributed by atoms with Gasteiger partial charge in [0.1, 0.15) is 5.82 Å². The summed E-state index contributed by atoms with van der Waals surface area (Å²) in [5.41, 5.74) is 0.680. The van der Waals surface area contributed by atoms with Crippen LogP contribution in [0.1, 0.15) is 38.3 Å². The van der Waals surface area contributed by atoms with Crippen molar-refractivity contribution in [2.75, 3.05) is 6.61 Å². The maximum Gasteiger partial charge on any atom is 0.127 e. The van der Waals surface area contributed by atoms with Gasteiger partial charge in [-0.05, 0) is 25.8 Å². The predicted molar refractivity (Wildman–Crippen MR) is 63.7 cm³/mol. The standard InChI is InChI=1S/C13H20FNO/c1-3-11(8-9-16)15-10(2)12-6-4-5-7-13(12)14/h4-7,10-11,15-16H,3,8-9H2,1-2H3. The van der Waals surface area contributed by atoms with Crippen LogP contribution >= 0.6 is 0 Å². The number of rotatable bonds is 6. The maximum absolute atomic E-state index is 13.5. The summed E-state index contributed by atoms with van der Waals surface area (Å²) in [5, 5.41) is 12.2. The molecule has 0 bridgehead atoms. The Balaban J connectivity index is 2.64. The van der Waals surface area contributed by atoms with E-state index in [1.807, 2.05) is 13.0 Å². The fraction of sp³-hybridized carbons (Fsp3) is 0.538. The van der Waals surface area contributed by atoms with Crippen LogP contribution in [0.5, 0.6) is 0 Å². The number of halogens is 1. The zero-order chi connectivity index (χ0) is 12.0. The second-order valence-corrected chi connectivity index (χ2v) is 4.03. The van der Waals surface area contributed by atoms with Crippen molar-refractivity contribution in [3.63, 3.8) is 0 Å². The first-order valence-corrected chi connectivity index (χ1v) is 5.80. The second kappa shape index (κ2) is 6.61. The van der Waals surface area contributed by atoms with Gasteiger partial charge in [0, 0.05) is 24.3 Å². The minimum atomic E-state index is -0.179. The Morgan fingerprint density at radius 2 is 2.06 bits per heavy atom. The van der Waals surface area contributed by atoms with Gasteiger partial charge in [-0.1, -0.05) is 25.1 Å². The Morgan fingerprint density at radius 3 is 2.62 bits per heavy atom. The van der Waals surface area contributed by atoms with E-state index in [1.54, 1.807) is 12.1 Å². The van der Waals surface area contributed by atoms with Gasteiger partial charge in [-0.3, -0.25) is 0 Å². The summed E-state index contributed by atoms with van der Waals surface area (Å²) in [4.78, 5) is 0. The summed E-state index contributed by atoms with van der Waals surface area (Å²) in [5.74, 6) is -0.179. The van der Waals surface area contributed by atoms with Crippen molar-refractivity contribution < 1.29 is 9.50 Å². The van der Waals surface area contributed by atoms with Crippen LogP contribution in [0.4, 0.5) is 4.39 Å². The highest BCUT2D eigenvalue weighted by molar-refractivity contribution is 5.20. The lowest BCUT2D eigenvalue weighted by atomic mass is 10.0. The van der Waals surface area contributed by atoms with E-state index in [4.69, 9.17) is 5.11 Å². The molecule has 0 aliphatic rings. The molecule has 16 heavy (non-hydrogen) atoms. The fourth-order valence-electron chi connectivity index (χ4n) is 1.83. The molecule has 0 aliphatic carbocycles. The second-order valence-electron chi connectivity index (χ2n) is 4.03. The molecule has 90 valence electrons. The Bertz CT molecular complexity index is 317. The van der Waals surface area contributed by atoms with Gasteiger partial charge >= 0.3 is 0 Å². The Kier molecular flexibility index (Phi) is 5.43. The first-order valence-electron chi connectivity index (χ1n) is 5.80. The molecule has 0 aliphatic heterocycles. The molecule has 0 amide bonds. The number of hydrogen-bond donors (Lipinski definition) is 2. The van der Waals surface area contributed by atoms with E-state index in [0.29, 0.717) is 12.0 Å². The molecule has 2 unspecified atom stereocenters. The van der Waals surface area contributed by atoms with Gasteiger partial charge in [-0.25, -0.2) is 4.39 Å². The third-order valence-corrected chi connectivity index (χ3v) is 2.83. The number of aliphatic hydroxyl groups excluding tert-OH is 1. The Labute approximate surface area is 96.5 Å². The molecule has 1 aromatic rings. The van der Waals surface area contributed by atoms with Crippen LogP contribution in [0.3, 0.4) is 0 Å². The highest BCUT2D eigenvalue weighted by Gasteiger charge is 2.13. The highest BCUT2D eigenvalue weighted by atomic mass is 19.1. The van der Waals surface area contributed by atoms with Crippen LogP contribution in [0, 0.1) is 5.82 Å². The topological polar surface area (TPSA) is 32.3 Å². The van der Waals surface area contributed by atoms with Crippen LogP contribution in [0.15, 0.2) is 24.3 Å². The molecule has 0 heterocycles. The molecule has 0 spiro atoms. The average molecular weight is 225 g/mol. The summed E-state index contributed by atoms with van der Waals surface area (Å²) in [7, 11) is 0. The van der Waals surface area contributed by atoms with Crippen molar-refractivity contribution in [1.29, 1.82) is 0 Å². The molecule has 1 aromatic carbocycles. The summed E-state index contributed by atoms with van der Waals surface area (Å²) >= 11 is 0. The largest absolute Gasteiger partial charge is 0.396 e. The van der Waals surface area contributed by atoms with E-state index in [1.165, 1.54) is 6.07 Å². The van der Waals surface area contributed by atoms with Crippen molar-refractivity contribution in [1.82, 2.24) is 5.32 Å². The van der Waals surface area contributed by atoms with E-state index in [0.717, 1.165) is 6.42 Å². The zero-order valence-corrected chi connectivity index (χ0v) is 9.91. The lowest BCUT2D eigenvalue weighted by molar-refractivity contribution is 0.256. The molecule has 0 saturated carbocycles. The van der Waals surface area contributed by atoms with E-state index >= 15 is 0 Å². The lowest BCUT2D eigenvalue weighted by Gasteiger charge is -2.22. The minimum absolute atomic E-state index is 0.0299. The van der Waals surface area contributed by atoms with Gasteiger partial charge in [-0.15, -0.1) is 0 Å². The number of nitrogens with one attached hydrogen (secondary N) is 1. The maximum atomic E-state index is 13.5. The van der Waals surface area contributed by atoms with E-state index in [-0.39, 0.29) is 24.5 Å². The van der Waals surface area contributed by atoms with Crippen LogP contribution < -0.4 is 5.32 Å². The van der Waals surface area contributed by atoms with Crippen LogP contribution in [-0.2, 0) is 0 Å². The first-order chi connectivity index (χ1) is 7.69. The monoisotopic (exact) mass is 225 g/mol. The van der Waals surface area contributed by atoms with Gasteiger partial charge in [0.2, 0.25) is 0 Å². The molecule has 2 N–H and O–H groups in total. The summed E-state index contributed by atoms with van der Waals surface area (Å²) in [6.07, 6.45) is 1.63. The molecule has 3 heteroatoms. The summed E-state index contributed by atoms with van der Waals surface area (Å²) < 4.78 is 13.5. The lowest BCUT2D eigenvalue weighted by Crippen LogP contribution is -2.32. The molecule has 2 atom stereocenters. The molecule has 1 rings (SSSR count). The SMILES string of the molecule is CCC(CCO)NC(C)c1ccccc1F. The normalized spacial score (nSPS) is 14.8. The van der Waals surface area contributed by atoms with E-state index < -0.39 is 0 Å². The third-order valence-electron chi connectivity index (χ3n) is 2.83. The molecular weight excluding hydrogens is 205 g/mol. The van der Waals surface area contributed by atoms with Crippen molar-refractivity contribution >= 4 is 0 Å². The van der Waals surface area contributed by atoms with Gasteiger partial charge in [0.25, 0.3) is 0 Å². The Hall–Kier alpha value is -0.930.